The average Bonchev–Trinajstić information content (AvgIpc) is 2.77. The van der Waals surface area contributed by atoms with Crippen molar-refractivity contribution >= 4 is 11.6 Å². The molecule has 6 heteroatoms. The molecular weight excluding hydrogens is 398 g/mol. The van der Waals surface area contributed by atoms with Gasteiger partial charge in [-0.15, -0.1) is 0 Å². The van der Waals surface area contributed by atoms with E-state index in [9.17, 15) is 4.79 Å². The summed E-state index contributed by atoms with van der Waals surface area (Å²) in [6.45, 7) is 8.36. The lowest BCUT2D eigenvalue weighted by Gasteiger charge is -2.18. The predicted molar refractivity (Wildman–Crippen MR) is 121 cm³/mol. The van der Waals surface area contributed by atoms with Gasteiger partial charge in [0.1, 0.15) is 12.4 Å². The Hall–Kier alpha value is -2.63. The molecule has 0 fully saturated rings. The number of halogens is 1. The molecule has 0 amide bonds. The third-order valence-electron chi connectivity index (χ3n) is 5.11. The molecule has 0 N–H and O–H groups in total. The summed E-state index contributed by atoms with van der Waals surface area (Å²) >= 11 is 5.83. The maximum atomic E-state index is 12.4. The first kappa shape index (κ1) is 22.1. The quantitative estimate of drug-likeness (QED) is 0.477. The lowest BCUT2D eigenvalue weighted by Crippen LogP contribution is -2.22. The highest BCUT2D eigenvalue weighted by molar-refractivity contribution is 6.30. The third kappa shape index (κ3) is 6.44. The molecule has 0 aliphatic rings. The molecule has 5 nitrogen and oxygen atoms in total. The molecule has 0 aliphatic heterocycles. The van der Waals surface area contributed by atoms with Gasteiger partial charge in [-0.1, -0.05) is 49.7 Å². The van der Waals surface area contributed by atoms with Crippen LogP contribution < -0.4 is 10.3 Å². The zero-order chi connectivity index (χ0) is 21.3. The van der Waals surface area contributed by atoms with Crippen molar-refractivity contribution in [3.63, 3.8) is 0 Å². The molecule has 0 saturated heterocycles. The van der Waals surface area contributed by atoms with Gasteiger partial charge in [0.15, 0.2) is 0 Å². The minimum Gasteiger partial charge on any atom is -0.487 e. The van der Waals surface area contributed by atoms with Crippen LogP contribution in [0.3, 0.4) is 0 Å². The SMILES string of the molecule is CCN(CC)Cc1ccc(CCn2ccc(OCc3ccc(Cl)cn3)cc2=O)cc1. The van der Waals surface area contributed by atoms with Crippen LogP contribution in [0.1, 0.15) is 30.7 Å². The van der Waals surface area contributed by atoms with Gasteiger partial charge in [0, 0.05) is 31.5 Å². The van der Waals surface area contributed by atoms with Gasteiger partial charge >= 0.3 is 0 Å². The summed E-state index contributed by atoms with van der Waals surface area (Å²) in [6, 6.07) is 15.6. The Morgan fingerprint density at radius 2 is 1.77 bits per heavy atom. The predicted octanol–water partition coefficient (Wildman–Crippen LogP) is 4.56. The number of hydrogen-bond donors (Lipinski definition) is 0. The molecule has 0 aliphatic carbocycles. The van der Waals surface area contributed by atoms with Crippen LogP contribution in [0.25, 0.3) is 0 Å². The van der Waals surface area contributed by atoms with Crippen molar-refractivity contribution in [2.75, 3.05) is 13.1 Å². The minimum absolute atomic E-state index is 0.0743. The first-order chi connectivity index (χ1) is 14.6. The van der Waals surface area contributed by atoms with Crippen LogP contribution in [0.4, 0.5) is 0 Å². The van der Waals surface area contributed by atoms with Crippen LogP contribution in [-0.2, 0) is 26.1 Å². The lowest BCUT2D eigenvalue weighted by atomic mass is 10.1. The van der Waals surface area contributed by atoms with Gasteiger partial charge in [-0.2, -0.15) is 0 Å². The molecule has 0 bridgehead atoms. The number of nitrogens with zero attached hydrogens (tertiary/aromatic N) is 3. The molecule has 0 saturated carbocycles. The summed E-state index contributed by atoms with van der Waals surface area (Å²) in [5.41, 5.74) is 3.22. The summed E-state index contributed by atoms with van der Waals surface area (Å²) in [6.07, 6.45) is 4.16. The summed E-state index contributed by atoms with van der Waals surface area (Å²) in [5, 5.41) is 0.583. The topological polar surface area (TPSA) is 47.4 Å². The number of pyridine rings is 2. The number of aryl methyl sites for hydroxylation is 2. The Kier molecular flexibility index (Phi) is 8.05. The van der Waals surface area contributed by atoms with Crippen LogP contribution >= 0.6 is 11.6 Å². The smallest absolute Gasteiger partial charge is 0.254 e. The Labute approximate surface area is 182 Å². The van der Waals surface area contributed by atoms with E-state index in [1.54, 1.807) is 29.1 Å². The summed E-state index contributed by atoms with van der Waals surface area (Å²) in [4.78, 5) is 19.0. The Morgan fingerprint density at radius 3 is 2.40 bits per heavy atom. The Bertz CT molecular complexity index is 981. The van der Waals surface area contributed by atoms with E-state index in [2.05, 4.69) is 48.0 Å². The molecule has 0 unspecified atom stereocenters. The van der Waals surface area contributed by atoms with Gasteiger partial charge in [0.2, 0.25) is 0 Å². The largest absolute Gasteiger partial charge is 0.487 e. The number of benzene rings is 1. The second kappa shape index (κ2) is 11.0. The third-order valence-corrected chi connectivity index (χ3v) is 5.33. The number of aromatic nitrogens is 2. The van der Waals surface area contributed by atoms with Gasteiger partial charge in [-0.05, 0) is 48.8 Å². The summed E-state index contributed by atoms with van der Waals surface area (Å²) < 4.78 is 7.38. The van der Waals surface area contributed by atoms with Crippen molar-refractivity contribution in [3.05, 3.63) is 93.1 Å². The monoisotopic (exact) mass is 425 g/mol. The highest BCUT2D eigenvalue weighted by atomic mass is 35.5. The van der Waals surface area contributed by atoms with E-state index in [-0.39, 0.29) is 5.56 Å². The van der Waals surface area contributed by atoms with Crippen molar-refractivity contribution in [2.24, 2.45) is 0 Å². The van der Waals surface area contributed by atoms with Crippen molar-refractivity contribution in [3.8, 4) is 5.75 Å². The van der Waals surface area contributed by atoms with E-state index < -0.39 is 0 Å². The minimum atomic E-state index is -0.0743. The molecule has 30 heavy (non-hydrogen) atoms. The average molecular weight is 426 g/mol. The van der Waals surface area contributed by atoms with Crippen molar-refractivity contribution in [1.82, 2.24) is 14.5 Å². The maximum Gasteiger partial charge on any atom is 0.254 e. The normalized spacial score (nSPS) is 11.1. The zero-order valence-electron chi connectivity index (χ0n) is 17.6. The van der Waals surface area contributed by atoms with Crippen LogP contribution in [-0.4, -0.2) is 27.5 Å². The fourth-order valence-corrected chi connectivity index (χ4v) is 3.29. The Morgan fingerprint density at radius 1 is 1.03 bits per heavy atom. The first-order valence-electron chi connectivity index (χ1n) is 10.3. The maximum absolute atomic E-state index is 12.4. The van der Waals surface area contributed by atoms with E-state index in [1.807, 2.05) is 6.07 Å². The molecule has 2 aromatic heterocycles. The van der Waals surface area contributed by atoms with Crippen LogP contribution in [0.15, 0.2) is 65.7 Å². The molecule has 158 valence electrons. The zero-order valence-corrected chi connectivity index (χ0v) is 18.3. The van der Waals surface area contributed by atoms with Gasteiger partial charge in [-0.3, -0.25) is 14.7 Å². The van der Waals surface area contributed by atoms with Gasteiger partial charge in [-0.25, -0.2) is 0 Å². The number of hydrogen-bond acceptors (Lipinski definition) is 4. The first-order valence-corrected chi connectivity index (χ1v) is 10.7. The van der Waals surface area contributed by atoms with E-state index in [0.717, 1.165) is 31.7 Å². The fraction of sp³-hybridized carbons (Fsp3) is 0.333. The van der Waals surface area contributed by atoms with E-state index in [1.165, 1.54) is 17.2 Å². The second-order valence-electron chi connectivity index (χ2n) is 7.18. The van der Waals surface area contributed by atoms with Gasteiger partial charge < -0.3 is 9.30 Å². The summed E-state index contributed by atoms with van der Waals surface area (Å²) in [7, 11) is 0. The Balaban J connectivity index is 1.53. The molecule has 0 spiro atoms. The molecule has 2 heterocycles. The fourth-order valence-electron chi connectivity index (χ4n) is 3.18. The van der Waals surface area contributed by atoms with E-state index >= 15 is 0 Å². The molecular formula is C24H28ClN3O2. The highest BCUT2D eigenvalue weighted by Gasteiger charge is 2.04. The van der Waals surface area contributed by atoms with E-state index in [0.29, 0.717) is 23.9 Å². The molecule has 0 radical (unpaired) electrons. The van der Waals surface area contributed by atoms with Crippen molar-refractivity contribution < 1.29 is 4.74 Å². The van der Waals surface area contributed by atoms with Gasteiger partial charge in [0.05, 0.1) is 10.7 Å². The second-order valence-corrected chi connectivity index (χ2v) is 7.61. The standard InChI is InChI=1S/C24H28ClN3O2/c1-3-27(4-2)17-20-7-5-19(6-8-20)11-13-28-14-12-23(15-24(28)29)30-18-22-10-9-21(25)16-26-22/h5-10,12,14-16H,3-4,11,13,17-18H2,1-2H3. The molecule has 3 aromatic rings. The van der Waals surface area contributed by atoms with Crippen molar-refractivity contribution in [2.45, 2.75) is 40.0 Å². The number of rotatable bonds is 10. The van der Waals surface area contributed by atoms with Crippen molar-refractivity contribution in [1.29, 1.82) is 0 Å². The molecule has 0 atom stereocenters. The van der Waals surface area contributed by atoms with Crippen LogP contribution in [0, 0.1) is 0 Å². The van der Waals surface area contributed by atoms with Gasteiger partial charge in [0.25, 0.3) is 5.56 Å². The highest BCUT2D eigenvalue weighted by Crippen LogP contribution is 2.12. The summed E-state index contributed by atoms with van der Waals surface area (Å²) in [5.74, 6) is 0.536. The number of ether oxygens (including phenoxy) is 1. The lowest BCUT2D eigenvalue weighted by molar-refractivity contribution is 0.296. The van der Waals surface area contributed by atoms with E-state index in [4.69, 9.17) is 16.3 Å². The van der Waals surface area contributed by atoms with Crippen LogP contribution in [0.2, 0.25) is 5.02 Å². The van der Waals surface area contributed by atoms with Crippen LogP contribution in [0.5, 0.6) is 5.75 Å². The molecule has 3 rings (SSSR count). The molecule has 1 aromatic carbocycles.